The molecule has 19 heavy (non-hydrogen) atoms. The van der Waals surface area contributed by atoms with Gasteiger partial charge in [-0.2, -0.15) is 5.26 Å². The second-order valence-corrected chi connectivity index (χ2v) is 4.52. The number of carbonyl (C=O) groups excluding carboxylic acids is 1. The van der Waals surface area contributed by atoms with E-state index in [2.05, 4.69) is 11.4 Å². The Morgan fingerprint density at radius 1 is 1.05 bits per heavy atom. The summed E-state index contributed by atoms with van der Waals surface area (Å²) in [5.41, 5.74) is 4.32. The quantitative estimate of drug-likeness (QED) is 0.843. The van der Waals surface area contributed by atoms with E-state index in [1.54, 1.807) is 12.1 Å². The molecule has 0 amide bonds. The third kappa shape index (κ3) is 1.98. The van der Waals surface area contributed by atoms with Gasteiger partial charge in [0.1, 0.15) is 0 Å². The van der Waals surface area contributed by atoms with E-state index >= 15 is 0 Å². The third-order valence-electron chi connectivity index (χ3n) is 3.34. The monoisotopic (exact) mass is 248 g/mol. The summed E-state index contributed by atoms with van der Waals surface area (Å²) in [7, 11) is 0. The molecule has 0 saturated heterocycles. The first kappa shape index (κ1) is 11.5. The van der Waals surface area contributed by atoms with Crippen molar-refractivity contribution in [2.24, 2.45) is 0 Å². The third-order valence-corrected chi connectivity index (χ3v) is 3.34. The van der Waals surface area contributed by atoms with E-state index in [0.29, 0.717) is 18.5 Å². The predicted octanol–water partition coefficient (Wildman–Crippen LogP) is 3.22. The van der Waals surface area contributed by atoms with Gasteiger partial charge in [-0.1, -0.05) is 24.3 Å². The molecule has 2 aromatic rings. The largest absolute Gasteiger partial charge is 0.383 e. The van der Waals surface area contributed by atoms with Gasteiger partial charge in [0, 0.05) is 24.1 Å². The predicted molar refractivity (Wildman–Crippen MR) is 74.0 cm³/mol. The van der Waals surface area contributed by atoms with Gasteiger partial charge in [0.15, 0.2) is 5.78 Å². The van der Waals surface area contributed by atoms with Crippen molar-refractivity contribution in [1.82, 2.24) is 0 Å². The van der Waals surface area contributed by atoms with Crippen LogP contribution in [0.2, 0.25) is 0 Å². The lowest BCUT2D eigenvalue weighted by molar-refractivity contribution is 0.0984. The Balaban J connectivity index is 2.12. The molecule has 0 radical (unpaired) electrons. The maximum Gasteiger partial charge on any atom is 0.166 e. The van der Waals surface area contributed by atoms with Crippen molar-refractivity contribution in [2.45, 2.75) is 6.42 Å². The van der Waals surface area contributed by atoms with Crippen molar-refractivity contribution in [2.75, 3.05) is 11.9 Å². The summed E-state index contributed by atoms with van der Waals surface area (Å²) in [6, 6.07) is 15.3. The molecule has 1 aliphatic heterocycles. The Hall–Kier alpha value is -2.60. The average Bonchev–Trinajstić information content (AvgIpc) is 2.47. The maximum atomic E-state index is 11.9. The van der Waals surface area contributed by atoms with Gasteiger partial charge in [-0.05, 0) is 23.8 Å². The summed E-state index contributed by atoms with van der Waals surface area (Å²) >= 11 is 0. The zero-order valence-electron chi connectivity index (χ0n) is 10.3. The van der Waals surface area contributed by atoms with Crippen LogP contribution in [0.4, 0.5) is 5.69 Å². The van der Waals surface area contributed by atoms with Gasteiger partial charge in [-0.15, -0.1) is 0 Å². The van der Waals surface area contributed by atoms with E-state index in [1.807, 2.05) is 30.3 Å². The van der Waals surface area contributed by atoms with E-state index in [9.17, 15) is 4.79 Å². The van der Waals surface area contributed by atoms with Gasteiger partial charge in [-0.25, -0.2) is 0 Å². The smallest absolute Gasteiger partial charge is 0.166 e. The highest BCUT2D eigenvalue weighted by Gasteiger charge is 2.19. The number of carbonyl (C=O) groups is 1. The van der Waals surface area contributed by atoms with Crippen LogP contribution in [-0.4, -0.2) is 12.3 Å². The minimum absolute atomic E-state index is 0.184. The highest BCUT2D eigenvalue weighted by atomic mass is 16.1. The molecule has 1 N–H and O–H groups in total. The van der Waals surface area contributed by atoms with Gasteiger partial charge >= 0.3 is 0 Å². The number of rotatable bonds is 1. The minimum Gasteiger partial charge on any atom is -0.383 e. The van der Waals surface area contributed by atoms with Crippen molar-refractivity contribution >= 4 is 11.5 Å². The molecule has 0 fully saturated rings. The summed E-state index contributed by atoms with van der Waals surface area (Å²) in [5.74, 6) is 0.184. The van der Waals surface area contributed by atoms with Gasteiger partial charge in [0.05, 0.1) is 17.3 Å². The number of fused-ring (bicyclic) bond motifs is 1. The highest BCUT2D eigenvalue weighted by molar-refractivity contribution is 6.06. The fourth-order valence-corrected chi connectivity index (χ4v) is 2.38. The fraction of sp³-hybridized carbons (Fsp3) is 0.125. The SMILES string of the molecule is N#Cc1ccc(-c2cccc3c2NCCC3=O)cc1. The number of nitrogens with one attached hydrogen (secondary N) is 1. The van der Waals surface area contributed by atoms with Gasteiger partial charge in [0.2, 0.25) is 0 Å². The summed E-state index contributed by atoms with van der Waals surface area (Å²) in [4.78, 5) is 11.9. The number of Topliss-reactive ketones (excluding diaryl/α,β-unsaturated/α-hetero) is 1. The van der Waals surface area contributed by atoms with E-state index in [0.717, 1.165) is 22.4 Å². The van der Waals surface area contributed by atoms with Crippen LogP contribution >= 0.6 is 0 Å². The zero-order valence-corrected chi connectivity index (χ0v) is 10.3. The number of benzene rings is 2. The summed E-state index contributed by atoms with van der Waals surface area (Å²) < 4.78 is 0. The Labute approximate surface area is 111 Å². The van der Waals surface area contributed by atoms with Gasteiger partial charge in [0.25, 0.3) is 0 Å². The van der Waals surface area contributed by atoms with E-state index in [1.165, 1.54) is 0 Å². The molecule has 1 aliphatic rings. The summed E-state index contributed by atoms with van der Waals surface area (Å²) in [5, 5.41) is 12.1. The zero-order chi connectivity index (χ0) is 13.2. The van der Waals surface area contributed by atoms with Crippen LogP contribution in [0.1, 0.15) is 22.3 Å². The van der Waals surface area contributed by atoms with E-state index < -0.39 is 0 Å². The molecule has 3 nitrogen and oxygen atoms in total. The van der Waals surface area contributed by atoms with E-state index in [4.69, 9.17) is 5.26 Å². The lowest BCUT2D eigenvalue weighted by atomic mass is 9.94. The van der Waals surface area contributed by atoms with Crippen LogP contribution in [0, 0.1) is 11.3 Å². The van der Waals surface area contributed by atoms with Crippen LogP contribution in [-0.2, 0) is 0 Å². The van der Waals surface area contributed by atoms with Crippen LogP contribution in [0.3, 0.4) is 0 Å². The maximum absolute atomic E-state index is 11.9. The first-order chi connectivity index (χ1) is 9.29. The fourth-order valence-electron chi connectivity index (χ4n) is 2.38. The average molecular weight is 248 g/mol. The number of hydrogen-bond donors (Lipinski definition) is 1. The first-order valence-corrected chi connectivity index (χ1v) is 6.20. The lowest BCUT2D eigenvalue weighted by Gasteiger charge is -2.20. The molecular formula is C16H12N2O. The second-order valence-electron chi connectivity index (χ2n) is 4.52. The molecule has 2 aromatic carbocycles. The van der Waals surface area contributed by atoms with Crippen molar-refractivity contribution in [3.05, 3.63) is 53.6 Å². The number of ketones is 1. The standard InChI is InChI=1S/C16H12N2O/c17-10-11-4-6-12(7-5-11)13-2-1-3-14-15(19)8-9-18-16(13)14/h1-7,18H,8-9H2. The molecule has 0 aliphatic carbocycles. The number of para-hydroxylation sites is 1. The van der Waals surface area contributed by atoms with E-state index in [-0.39, 0.29) is 5.78 Å². The molecule has 0 spiro atoms. The van der Waals surface area contributed by atoms with Crippen molar-refractivity contribution in [3.8, 4) is 17.2 Å². The first-order valence-electron chi connectivity index (χ1n) is 6.20. The van der Waals surface area contributed by atoms with Crippen LogP contribution in [0.5, 0.6) is 0 Å². The molecule has 0 bridgehead atoms. The Kier molecular flexibility index (Phi) is 2.77. The molecule has 1 heterocycles. The van der Waals surface area contributed by atoms with Crippen LogP contribution < -0.4 is 5.32 Å². The summed E-state index contributed by atoms with van der Waals surface area (Å²) in [6.45, 7) is 0.680. The second kappa shape index (κ2) is 4.58. The molecule has 3 rings (SSSR count). The Bertz CT molecular complexity index is 681. The van der Waals surface area contributed by atoms with Crippen molar-refractivity contribution in [3.63, 3.8) is 0 Å². The Morgan fingerprint density at radius 2 is 1.79 bits per heavy atom. The number of nitrogens with zero attached hydrogens (tertiary/aromatic N) is 1. The highest BCUT2D eigenvalue weighted by Crippen LogP contribution is 2.33. The van der Waals surface area contributed by atoms with Crippen molar-refractivity contribution < 1.29 is 4.79 Å². The topological polar surface area (TPSA) is 52.9 Å². The van der Waals surface area contributed by atoms with Crippen molar-refractivity contribution in [1.29, 1.82) is 5.26 Å². The number of anilines is 1. The summed E-state index contributed by atoms with van der Waals surface area (Å²) in [6.07, 6.45) is 0.545. The molecule has 0 saturated carbocycles. The van der Waals surface area contributed by atoms with Gasteiger partial charge < -0.3 is 5.32 Å². The van der Waals surface area contributed by atoms with Crippen LogP contribution in [0.15, 0.2) is 42.5 Å². The normalized spacial score (nSPS) is 13.3. The molecule has 92 valence electrons. The number of nitriles is 1. The molecule has 0 aromatic heterocycles. The van der Waals surface area contributed by atoms with Crippen LogP contribution in [0.25, 0.3) is 11.1 Å². The number of hydrogen-bond acceptors (Lipinski definition) is 3. The molecule has 3 heteroatoms. The minimum atomic E-state index is 0.184. The van der Waals surface area contributed by atoms with Gasteiger partial charge in [-0.3, -0.25) is 4.79 Å². The molecular weight excluding hydrogens is 236 g/mol. The lowest BCUT2D eigenvalue weighted by Crippen LogP contribution is -2.18. The Morgan fingerprint density at radius 3 is 2.53 bits per heavy atom. The molecule has 0 unspecified atom stereocenters. The molecule has 0 atom stereocenters.